The van der Waals surface area contributed by atoms with Crippen molar-refractivity contribution in [3.05, 3.63) is 88.4 Å². The normalized spacial score (nSPS) is 11.1. The highest BCUT2D eigenvalue weighted by Crippen LogP contribution is 2.27. The number of amides is 1. The van der Waals surface area contributed by atoms with Crippen molar-refractivity contribution in [3.8, 4) is 0 Å². The fourth-order valence-electron chi connectivity index (χ4n) is 3.05. The number of sulfonamides is 1. The van der Waals surface area contributed by atoms with Crippen LogP contribution in [0.15, 0.2) is 71.6 Å². The zero-order valence-corrected chi connectivity index (χ0v) is 19.3. The molecule has 166 valence electrons. The first-order valence-electron chi connectivity index (χ1n) is 9.93. The van der Waals surface area contributed by atoms with Gasteiger partial charge in [0.1, 0.15) is 0 Å². The topological polar surface area (TPSA) is 92.3 Å². The molecule has 3 aromatic carbocycles. The Hall–Kier alpha value is -3.16. The average molecular weight is 471 g/mol. The molecule has 3 rings (SSSR count). The van der Waals surface area contributed by atoms with Crippen molar-refractivity contribution in [2.75, 3.05) is 10.0 Å². The molecule has 8 heteroatoms. The number of para-hydroxylation sites is 1. The van der Waals surface area contributed by atoms with Crippen LogP contribution in [0.3, 0.4) is 0 Å². The fraction of sp³-hybridized carbons (Fsp3) is 0.167. The number of ketones is 1. The second-order valence-corrected chi connectivity index (χ2v) is 9.46. The van der Waals surface area contributed by atoms with E-state index in [1.807, 2.05) is 19.1 Å². The summed E-state index contributed by atoms with van der Waals surface area (Å²) in [6.07, 6.45) is 0.0422. The van der Waals surface area contributed by atoms with Gasteiger partial charge in [0, 0.05) is 24.1 Å². The molecule has 0 aliphatic carbocycles. The maximum absolute atomic E-state index is 12.9. The predicted octanol–water partition coefficient (Wildman–Crippen LogP) is 5.36. The summed E-state index contributed by atoms with van der Waals surface area (Å²) in [6, 6.07) is 18.3. The lowest BCUT2D eigenvalue weighted by molar-refractivity contribution is -0.116. The van der Waals surface area contributed by atoms with Crippen LogP contribution in [0.4, 0.5) is 11.4 Å². The number of nitrogens with one attached hydrogen (secondary N) is 2. The monoisotopic (exact) mass is 470 g/mol. The molecular weight excluding hydrogens is 448 g/mol. The maximum atomic E-state index is 12.9. The van der Waals surface area contributed by atoms with Crippen molar-refractivity contribution in [3.63, 3.8) is 0 Å². The number of aryl methyl sites for hydroxylation is 2. The highest BCUT2D eigenvalue weighted by atomic mass is 35.5. The molecule has 6 nitrogen and oxygen atoms in total. The second-order valence-electron chi connectivity index (χ2n) is 7.40. The lowest BCUT2D eigenvalue weighted by atomic mass is 10.0. The molecule has 0 unspecified atom stereocenters. The standard InChI is InChI=1S/C24H23ClN2O4S/c1-16-7-10-18(11-8-16)22(28)13-14-24(29)26-19-12-9-17(2)23(15-19)32(30,31)27-21-6-4-3-5-20(21)25/h3-12,15,27H,13-14H2,1-2H3,(H,26,29). The third-order valence-corrected chi connectivity index (χ3v) is 6.67. The Labute approximate surface area is 192 Å². The minimum absolute atomic E-state index is 0.0134. The molecule has 32 heavy (non-hydrogen) atoms. The number of rotatable bonds is 8. The quantitative estimate of drug-likeness (QED) is 0.433. The van der Waals surface area contributed by atoms with Gasteiger partial charge in [0.25, 0.3) is 10.0 Å². The van der Waals surface area contributed by atoms with E-state index in [1.54, 1.807) is 55.5 Å². The summed E-state index contributed by atoms with van der Waals surface area (Å²) in [5, 5.41) is 2.94. The molecule has 0 saturated carbocycles. The van der Waals surface area contributed by atoms with Gasteiger partial charge in [-0.1, -0.05) is 59.6 Å². The van der Waals surface area contributed by atoms with Crippen molar-refractivity contribution in [1.82, 2.24) is 0 Å². The van der Waals surface area contributed by atoms with Crippen LogP contribution in [-0.4, -0.2) is 20.1 Å². The molecule has 1 amide bonds. The Morgan fingerprint density at radius 1 is 0.906 bits per heavy atom. The summed E-state index contributed by atoms with van der Waals surface area (Å²) in [5.74, 6) is -0.506. The zero-order chi connectivity index (χ0) is 23.3. The minimum Gasteiger partial charge on any atom is -0.326 e. The number of hydrogen-bond donors (Lipinski definition) is 2. The molecule has 0 radical (unpaired) electrons. The Bertz CT molecular complexity index is 1260. The van der Waals surface area contributed by atoms with Crippen molar-refractivity contribution < 1.29 is 18.0 Å². The summed E-state index contributed by atoms with van der Waals surface area (Å²) in [4.78, 5) is 24.6. The van der Waals surface area contributed by atoms with Gasteiger partial charge in [-0.05, 0) is 43.7 Å². The van der Waals surface area contributed by atoms with Crippen molar-refractivity contribution in [2.24, 2.45) is 0 Å². The molecular formula is C24H23ClN2O4S. The number of hydrogen-bond acceptors (Lipinski definition) is 4. The Balaban J connectivity index is 1.68. The van der Waals surface area contributed by atoms with E-state index < -0.39 is 10.0 Å². The van der Waals surface area contributed by atoms with Crippen molar-refractivity contribution >= 4 is 44.7 Å². The number of halogens is 1. The molecule has 0 bridgehead atoms. The van der Waals surface area contributed by atoms with Gasteiger partial charge in [-0.15, -0.1) is 0 Å². The van der Waals surface area contributed by atoms with Gasteiger partial charge in [0.05, 0.1) is 15.6 Å². The van der Waals surface area contributed by atoms with Crippen LogP contribution < -0.4 is 10.0 Å². The van der Waals surface area contributed by atoms with Crippen LogP contribution in [0.25, 0.3) is 0 Å². The van der Waals surface area contributed by atoms with E-state index in [-0.39, 0.29) is 40.1 Å². The predicted molar refractivity (Wildman–Crippen MR) is 127 cm³/mol. The van der Waals surface area contributed by atoms with E-state index in [1.165, 1.54) is 6.07 Å². The number of carbonyl (C=O) groups excluding carboxylic acids is 2. The summed E-state index contributed by atoms with van der Waals surface area (Å²) in [6.45, 7) is 3.59. The Kier molecular flexibility index (Phi) is 7.33. The second kappa shape index (κ2) is 9.97. The molecule has 0 fully saturated rings. The van der Waals surface area contributed by atoms with Gasteiger partial charge < -0.3 is 5.32 Å². The highest BCUT2D eigenvalue weighted by molar-refractivity contribution is 7.92. The first-order chi connectivity index (χ1) is 15.2. The number of Topliss-reactive ketones (excluding diaryl/α,β-unsaturated/α-hetero) is 1. The highest BCUT2D eigenvalue weighted by Gasteiger charge is 2.19. The summed E-state index contributed by atoms with van der Waals surface area (Å²) in [7, 11) is -3.93. The molecule has 0 heterocycles. The van der Waals surface area contributed by atoms with E-state index in [0.29, 0.717) is 16.8 Å². The molecule has 0 saturated heterocycles. The van der Waals surface area contributed by atoms with E-state index in [2.05, 4.69) is 10.0 Å². The van der Waals surface area contributed by atoms with Gasteiger partial charge >= 0.3 is 0 Å². The van der Waals surface area contributed by atoms with Gasteiger partial charge in [-0.25, -0.2) is 8.42 Å². The minimum atomic E-state index is -3.93. The number of carbonyl (C=O) groups is 2. The van der Waals surface area contributed by atoms with Gasteiger partial charge in [-0.2, -0.15) is 0 Å². The Morgan fingerprint density at radius 3 is 2.28 bits per heavy atom. The van der Waals surface area contributed by atoms with Crippen LogP contribution in [-0.2, 0) is 14.8 Å². The first-order valence-corrected chi connectivity index (χ1v) is 11.8. The number of anilines is 2. The van der Waals surface area contributed by atoms with Crippen LogP contribution in [0.5, 0.6) is 0 Å². The molecule has 0 spiro atoms. The Morgan fingerprint density at radius 2 is 1.59 bits per heavy atom. The molecule has 0 aromatic heterocycles. The summed E-state index contributed by atoms with van der Waals surface area (Å²) >= 11 is 6.06. The molecule has 2 N–H and O–H groups in total. The van der Waals surface area contributed by atoms with E-state index in [9.17, 15) is 18.0 Å². The molecule has 3 aromatic rings. The van der Waals surface area contributed by atoms with E-state index >= 15 is 0 Å². The van der Waals surface area contributed by atoms with E-state index in [0.717, 1.165) is 5.56 Å². The lowest BCUT2D eigenvalue weighted by Crippen LogP contribution is -2.17. The van der Waals surface area contributed by atoms with Crippen LogP contribution in [0.1, 0.15) is 34.3 Å². The van der Waals surface area contributed by atoms with Crippen LogP contribution in [0, 0.1) is 13.8 Å². The smallest absolute Gasteiger partial charge is 0.262 e. The summed E-state index contributed by atoms with van der Waals surface area (Å²) < 4.78 is 28.2. The zero-order valence-electron chi connectivity index (χ0n) is 17.7. The third-order valence-electron chi connectivity index (χ3n) is 4.83. The van der Waals surface area contributed by atoms with Gasteiger partial charge in [0.2, 0.25) is 5.91 Å². The van der Waals surface area contributed by atoms with Crippen molar-refractivity contribution in [2.45, 2.75) is 31.6 Å². The van der Waals surface area contributed by atoms with Gasteiger partial charge in [0.15, 0.2) is 5.78 Å². The van der Waals surface area contributed by atoms with Crippen LogP contribution >= 0.6 is 11.6 Å². The molecule has 0 aliphatic heterocycles. The van der Waals surface area contributed by atoms with Gasteiger partial charge in [-0.3, -0.25) is 14.3 Å². The van der Waals surface area contributed by atoms with E-state index in [4.69, 9.17) is 11.6 Å². The SMILES string of the molecule is Cc1ccc(C(=O)CCC(=O)Nc2ccc(C)c(S(=O)(=O)Nc3ccccc3Cl)c2)cc1. The van der Waals surface area contributed by atoms with Crippen molar-refractivity contribution in [1.29, 1.82) is 0 Å². The molecule has 0 aliphatic rings. The summed E-state index contributed by atoms with van der Waals surface area (Å²) in [5.41, 5.74) is 2.70. The lowest BCUT2D eigenvalue weighted by Gasteiger charge is -2.13. The van der Waals surface area contributed by atoms with Crippen LogP contribution in [0.2, 0.25) is 5.02 Å². The average Bonchev–Trinajstić information content (AvgIpc) is 2.75. The largest absolute Gasteiger partial charge is 0.326 e. The first kappa shape index (κ1) is 23.5. The fourth-order valence-corrected chi connectivity index (χ4v) is 4.64. The maximum Gasteiger partial charge on any atom is 0.262 e. The third kappa shape index (κ3) is 5.96. The molecule has 0 atom stereocenters. The number of benzene rings is 3.